The van der Waals surface area contributed by atoms with E-state index < -0.39 is 0 Å². The smallest absolute Gasteiger partial charge is 0.293 e. The number of aromatic nitrogens is 2. The summed E-state index contributed by atoms with van der Waals surface area (Å²) in [7, 11) is 1.65. The highest BCUT2D eigenvalue weighted by molar-refractivity contribution is 5.31. The minimum atomic E-state index is -0.337. The van der Waals surface area contributed by atoms with Crippen molar-refractivity contribution >= 4 is 5.82 Å². The van der Waals surface area contributed by atoms with E-state index in [2.05, 4.69) is 10.3 Å². The first-order valence-corrected chi connectivity index (χ1v) is 6.04. The maximum atomic E-state index is 12.2. The summed E-state index contributed by atoms with van der Waals surface area (Å²) in [5, 5.41) is 3.05. The molecule has 1 aromatic rings. The monoisotopic (exact) mass is 253 g/mol. The number of nitrogens with one attached hydrogen (secondary N) is 1. The lowest BCUT2D eigenvalue weighted by Gasteiger charge is -2.25. The number of nitrogens with zero attached hydrogens (tertiary/aromatic N) is 2. The second kappa shape index (κ2) is 5.10. The van der Waals surface area contributed by atoms with Gasteiger partial charge in [0, 0.05) is 31.6 Å². The summed E-state index contributed by atoms with van der Waals surface area (Å²) >= 11 is 0. The molecule has 1 aromatic heterocycles. The van der Waals surface area contributed by atoms with Gasteiger partial charge in [-0.2, -0.15) is 0 Å². The second-order valence-electron chi connectivity index (χ2n) is 5.94. The summed E-state index contributed by atoms with van der Waals surface area (Å²) in [5.41, 5.74) is -0.707. The highest BCUT2D eigenvalue weighted by Gasteiger charge is 2.19. The lowest BCUT2D eigenvalue weighted by molar-refractivity contribution is 0.0343. The van der Waals surface area contributed by atoms with Gasteiger partial charge in [-0.15, -0.1) is 0 Å². The highest BCUT2D eigenvalue weighted by Crippen LogP contribution is 2.12. The first-order valence-electron chi connectivity index (χ1n) is 6.04. The minimum absolute atomic E-state index is 0.114. The summed E-state index contributed by atoms with van der Waals surface area (Å²) in [4.78, 5) is 16.3. The van der Waals surface area contributed by atoms with Crippen LogP contribution < -0.4 is 10.9 Å². The Bertz CT molecular complexity index is 458. The lowest BCUT2D eigenvalue weighted by Crippen LogP contribution is -2.38. The van der Waals surface area contributed by atoms with Crippen molar-refractivity contribution in [2.24, 2.45) is 0 Å². The number of ether oxygens (including phenoxy) is 1. The summed E-state index contributed by atoms with van der Waals surface area (Å²) in [6.07, 6.45) is 3.34. The molecule has 0 atom stereocenters. The number of hydrogen-bond donors (Lipinski definition) is 1. The van der Waals surface area contributed by atoms with Crippen molar-refractivity contribution in [1.29, 1.82) is 0 Å². The molecule has 0 aliphatic carbocycles. The quantitative estimate of drug-likeness (QED) is 0.889. The highest BCUT2D eigenvalue weighted by atomic mass is 16.5. The summed E-state index contributed by atoms with van der Waals surface area (Å²) in [5.74, 6) is 0.359. The fourth-order valence-corrected chi connectivity index (χ4v) is 1.43. The molecule has 0 amide bonds. The van der Waals surface area contributed by atoms with Crippen molar-refractivity contribution in [3.63, 3.8) is 0 Å². The van der Waals surface area contributed by atoms with Crippen LogP contribution in [0.1, 0.15) is 34.6 Å². The predicted octanol–water partition coefficient (Wildman–Crippen LogP) is 1.84. The Morgan fingerprint density at radius 1 is 1.33 bits per heavy atom. The Labute approximate surface area is 108 Å². The molecular weight excluding hydrogens is 230 g/mol. The van der Waals surface area contributed by atoms with Crippen LogP contribution in [0.4, 0.5) is 5.82 Å². The molecule has 0 saturated carbocycles. The van der Waals surface area contributed by atoms with Gasteiger partial charge in [0.1, 0.15) is 0 Å². The Hall–Kier alpha value is -1.36. The van der Waals surface area contributed by atoms with Crippen LogP contribution in [0.25, 0.3) is 0 Å². The van der Waals surface area contributed by atoms with Gasteiger partial charge >= 0.3 is 0 Å². The lowest BCUT2D eigenvalue weighted by atomic mass is 10.1. The van der Waals surface area contributed by atoms with Crippen LogP contribution in [0.3, 0.4) is 0 Å². The number of methoxy groups -OCH3 is 1. The molecule has 0 radical (unpaired) electrons. The third kappa shape index (κ3) is 3.57. The molecule has 1 rings (SSSR count). The van der Waals surface area contributed by atoms with Crippen molar-refractivity contribution in [2.75, 3.05) is 19.0 Å². The molecule has 0 aliphatic rings. The van der Waals surface area contributed by atoms with E-state index in [9.17, 15) is 4.79 Å². The Morgan fingerprint density at radius 2 is 1.94 bits per heavy atom. The average molecular weight is 253 g/mol. The molecule has 5 nitrogen and oxygen atoms in total. The molecule has 0 bridgehead atoms. The van der Waals surface area contributed by atoms with Crippen molar-refractivity contribution in [1.82, 2.24) is 9.55 Å². The second-order valence-corrected chi connectivity index (χ2v) is 5.94. The molecule has 102 valence electrons. The van der Waals surface area contributed by atoms with Gasteiger partial charge in [0.15, 0.2) is 5.82 Å². The number of anilines is 1. The van der Waals surface area contributed by atoms with E-state index in [0.29, 0.717) is 12.4 Å². The maximum Gasteiger partial charge on any atom is 0.293 e. The third-order valence-electron chi connectivity index (χ3n) is 2.80. The third-order valence-corrected chi connectivity index (χ3v) is 2.80. The van der Waals surface area contributed by atoms with Gasteiger partial charge in [-0.1, -0.05) is 0 Å². The van der Waals surface area contributed by atoms with Gasteiger partial charge in [-0.05, 0) is 34.6 Å². The zero-order valence-corrected chi connectivity index (χ0v) is 12.1. The predicted molar refractivity (Wildman–Crippen MR) is 73.1 cm³/mol. The van der Waals surface area contributed by atoms with Crippen molar-refractivity contribution < 1.29 is 4.74 Å². The van der Waals surface area contributed by atoms with E-state index in [1.807, 2.05) is 34.6 Å². The molecule has 5 heteroatoms. The normalized spacial score (nSPS) is 12.6. The first-order chi connectivity index (χ1) is 8.17. The molecule has 0 spiro atoms. The number of rotatable bonds is 4. The van der Waals surface area contributed by atoms with Crippen LogP contribution in [0.15, 0.2) is 17.2 Å². The Balaban J connectivity index is 2.96. The molecule has 0 fully saturated rings. The Morgan fingerprint density at radius 3 is 2.44 bits per heavy atom. The van der Waals surface area contributed by atoms with Crippen LogP contribution in [0.2, 0.25) is 0 Å². The molecule has 0 aliphatic heterocycles. The van der Waals surface area contributed by atoms with Gasteiger partial charge in [0.2, 0.25) is 0 Å². The van der Waals surface area contributed by atoms with E-state index in [1.54, 1.807) is 24.1 Å². The molecule has 0 aromatic carbocycles. The van der Waals surface area contributed by atoms with Crippen LogP contribution in [0, 0.1) is 0 Å². The first kappa shape index (κ1) is 14.7. The Kier molecular flexibility index (Phi) is 4.16. The summed E-state index contributed by atoms with van der Waals surface area (Å²) < 4.78 is 6.97. The van der Waals surface area contributed by atoms with Gasteiger partial charge in [-0.25, -0.2) is 4.98 Å². The van der Waals surface area contributed by atoms with Gasteiger partial charge in [0.25, 0.3) is 5.56 Å². The van der Waals surface area contributed by atoms with Crippen molar-refractivity contribution in [2.45, 2.75) is 45.8 Å². The molecule has 1 N–H and O–H groups in total. The van der Waals surface area contributed by atoms with Crippen LogP contribution in [0.5, 0.6) is 0 Å². The molecule has 0 unspecified atom stereocenters. The van der Waals surface area contributed by atoms with E-state index in [1.165, 1.54) is 0 Å². The molecule has 1 heterocycles. The SMILES string of the molecule is COC(C)(C)CNc1nccn(C(C)(C)C)c1=O. The average Bonchev–Trinajstić information content (AvgIpc) is 2.26. The zero-order chi connectivity index (χ0) is 14.0. The van der Waals surface area contributed by atoms with Gasteiger partial charge < -0.3 is 14.6 Å². The molecule has 18 heavy (non-hydrogen) atoms. The minimum Gasteiger partial charge on any atom is -0.377 e. The maximum absolute atomic E-state index is 12.2. The summed E-state index contributed by atoms with van der Waals surface area (Å²) in [6.45, 7) is 10.4. The van der Waals surface area contributed by atoms with Crippen LogP contribution >= 0.6 is 0 Å². The number of hydrogen-bond acceptors (Lipinski definition) is 4. The van der Waals surface area contributed by atoms with E-state index in [0.717, 1.165) is 0 Å². The van der Waals surface area contributed by atoms with Gasteiger partial charge in [0.05, 0.1) is 5.60 Å². The summed E-state index contributed by atoms with van der Waals surface area (Å²) in [6, 6.07) is 0. The van der Waals surface area contributed by atoms with E-state index >= 15 is 0 Å². The van der Waals surface area contributed by atoms with Crippen molar-refractivity contribution in [3.8, 4) is 0 Å². The van der Waals surface area contributed by atoms with Crippen molar-refractivity contribution in [3.05, 3.63) is 22.7 Å². The van der Waals surface area contributed by atoms with E-state index in [4.69, 9.17) is 4.74 Å². The standard InChI is InChI=1S/C13H23N3O2/c1-12(2,3)16-8-7-14-10(11(16)17)15-9-13(4,5)18-6/h7-8H,9H2,1-6H3,(H,14,15). The fourth-order valence-electron chi connectivity index (χ4n) is 1.43. The van der Waals surface area contributed by atoms with Gasteiger partial charge in [-0.3, -0.25) is 4.79 Å². The largest absolute Gasteiger partial charge is 0.377 e. The van der Waals surface area contributed by atoms with E-state index in [-0.39, 0.29) is 16.7 Å². The topological polar surface area (TPSA) is 56.1 Å². The van der Waals surface area contributed by atoms with Crippen LogP contribution in [-0.2, 0) is 10.3 Å². The zero-order valence-electron chi connectivity index (χ0n) is 12.1. The van der Waals surface area contributed by atoms with Crippen LogP contribution in [-0.4, -0.2) is 28.8 Å². The fraction of sp³-hybridized carbons (Fsp3) is 0.692. The molecule has 0 saturated heterocycles. The molecular formula is C13H23N3O2.